The van der Waals surface area contributed by atoms with Gasteiger partial charge in [0.1, 0.15) is 6.42 Å². The van der Waals surface area contributed by atoms with Crippen molar-refractivity contribution in [1.82, 2.24) is 0 Å². The van der Waals surface area contributed by atoms with Gasteiger partial charge in [-0.25, -0.2) is 4.79 Å². The van der Waals surface area contributed by atoms with Crippen LogP contribution in [0.1, 0.15) is 37.6 Å². The summed E-state index contributed by atoms with van der Waals surface area (Å²) in [5, 5.41) is 9.29. The molecule has 1 aromatic carbocycles. The van der Waals surface area contributed by atoms with E-state index in [0.717, 1.165) is 0 Å². The van der Waals surface area contributed by atoms with Crippen molar-refractivity contribution in [3.63, 3.8) is 0 Å². The van der Waals surface area contributed by atoms with E-state index in [4.69, 9.17) is 4.74 Å². The second-order valence-corrected chi connectivity index (χ2v) is 5.72. The fourth-order valence-corrected chi connectivity index (χ4v) is 2.36. The monoisotopic (exact) mass is 371 g/mol. The number of rotatable bonds is 6. The fourth-order valence-electron chi connectivity index (χ4n) is 2.01. The van der Waals surface area contributed by atoms with Crippen LogP contribution in [-0.2, 0) is 14.3 Å². The van der Waals surface area contributed by atoms with E-state index < -0.39 is 24.3 Å². The normalized spacial score (nSPS) is 10.4. The lowest BCUT2D eigenvalue weighted by atomic mass is 10.1. The molecule has 6 nitrogen and oxygen atoms in total. The van der Waals surface area contributed by atoms with E-state index in [2.05, 4.69) is 15.9 Å². The van der Waals surface area contributed by atoms with Crippen LogP contribution in [0.15, 0.2) is 22.7 Å². The van der Waals surface area contributed by atoms with E-state index >= 15 is 0 Å². The van der Waals surface area contributed by atoms with Crippen LogP contribution in [0.4, 0.5) is 5.69 Å². The van der Waals surface area contributed by atoms with Crippen molar-refractivity contribution in [3.8, 4) is 0 Å². The largest absolute Gasteiger partial charge is 0.478 e. The summed E-state index contributed by atoms with van der Waals surface area (Å²) < 4.78 is 5.41. The summed E-state index contributed by atoms with van der Waals surface area (Å²) in [6, 6.07) is 4.23. The van der Waals surface area contributed by atoms with E-state index in [1.165, 1.54) is 11.0 Å². The highest BCUT2D eigenvalue weighted by atomic mass is 79.9. The van der Waals surface area contributed by atoms with Crippen molar-refractivity contribution in [2.24, 2.45) is 0 Å². The van der Waals surface area contributed by atoms with Crippen molar-refractivity contribution >= 4 is 39.5 Å². The number of carboxylic acids is 1. The van der Waals surface area contributed by atoms with Crippen LogP contribution in [0, 0.1) is 0 Å². The zero-order valence-corrected chi connectivity index (χ0v) is 14.2. The smallest absolute Gasteiger partial charge is 0.337 e. The highest BCUT2D eigenvalue weighted by Gasteiger charge is 2.26. The molecule has 0 aliphatic heterocycles. The topological polar surface area (TPSA) is 83.9 Å². The molecule has 1 aromatic rings. The fraction of sp³-hybridized carbons (Fsp3) is 0.400. The molecular formula is C15H18BrNO5. The van der Waals surface area contributed by atoms with E-state index in [1.54, 1.807) is 32.9 Å². The number of benzene rings is 1. The number of ether oxygens (including phenoxy) is 1. The number of carbonyl (C=O) groups excluding carboxylic acids is 2. The summed E-state index contributed by atoms with van der Waals surface area (Å²) in [6.07, 6.45) is -0.433. The van der Waals surface area contributed by atoms with Crippen LogP contribution in [0.5, 0.6) is 0 Å². The number of carboxylic acid groups (broad SMARTS) is 1. The molecule has 1 N–H and O–H groups in total. The first kappa shape index (κ1) is 18.2. The minimum atomic E-state index is -1.14. The van der Waals surface area contributed by atoms with Gasteiger partial charge in [0.2, 0.25) is 5.91 Å². The average Bonchev–Trinajstić information content (AvgIpc) is 2.38. The van der Waals surface area contributed by atoms with Crippen molar-refractivity contribution in [2.45, 2.75) is 33.2 Å². The number of nitrogens with zero attached hydrogens (tertiary/aromatic N) is 1. The first-order chi connectivity index (χ1) is 10.3. The van der Waals surface area contributed by atoms with Crippen LogP contribution in [0.25, 0.3) is 0 Å². The first-order valence-electron chi connectivity index (χ1n) is 6.78. The predicted octanol–water partition coefficient (Wildman–Crippen LogP) is 2.84. The zero-order chi connectivity index (χ0) is 16.9. The molecular weight excluding hydrogens is 354 g/mol. The summed E-state index contributed by atoms with van der Waals surface area (Å²) in [4.78, 5) is 36.5. The zero-order valence-electron chi connectivity index (χ0n) is 12.6. The first-order valence-corrected chi connectivity index (χ1v) is 7.57. The van der Waals surface area contributed by atoms with Gasteiger partial charge in [-0.05, 0) is 39.0 Å². The molecule has 0 atom stereocenters. The number of hydrogen-bond acceptors (Lipinski definition) is 4. The number of esters is 1. The number of hydrogen-bond donors (Lipinski definition) is 1. The quantitative estimate of drug-likeness (QED) is 0.613. The Hall–Kier alpha value is -1.89. The standard InChI is InChI=1S/C15H18BrNO5/c1-4-22-14(19)8-13(18)17(9(2)3)12-7-10(16)5-6-11(12)15(20)21/h5-7,9H,4,8H2,1-3H3,(H,20,21). The summed E-state index contributed by atoms with van der Waals surface area (Å²) in [5.74, 6) is -2.28. The Morgan fingerprint density at radius 3 is 2.45 bits per heavy atom. The molecule has 120 valence electrons. The molecule has 0 unspecified atom stereocenters. The molecule has 0 fully saturated rings. The van der Waals surface area contributed by atoms with Gasteiger partial charge in [0.25, 0.3) is 0 Å². The van der Waals surface area contributed by atoms with Gasteiger partial charge in [-0.2, -0.15) is 0 Å². The molecule has 0 aliphatic carbocycles. The van der Waals surface area contributed by atoms with Gasteiger partial charge in [-0.15, -0.1) is 0 Å². The number of halogens is 1. The third-order valence-corrected chi connectivity index (χ3v) is 3.33. The van der Waals surface area contributed by atoms with Crippen LogP contribution in [-0.4, -0.2) is 35.6 Å². The van der Waals surface area contributed by atoms with Gasteiger partial charge in [-0.3, -0.25) is 9.59 Å². The van der Waals surface area contributed by atoms with Crippen molar-refractivity contribution in [1.29, 1.82) is 0 Å². The number of aromatic carboxylic acids is 1. The lowest BCUT2D eigenvalue weighted by Gasteiger charge is -2.28. The second kappa shape index (κ2) is 7.93. The van der Waals surface area contributed by atoms with Crippen molar-refractivity contribution in [3.05, 3.63) is 28.2 Å². The minimum Gasteiger partial charge on any atom is -0.478 e. The lowest BCUT2D eigenvalue weighted by Crippen LogP contribution is -2.39. The Morgan fingerprint density at radius 1 is 1.32 bits per heavy atom. The van der Waals surface area contributed by atoms with Gasteiger partial charge in [0, 0.05) is 10.5 Å². The average molecular weight is 372 g/mol. The van der Waals surface area contributed by atoms with Gasteiger partial charge in [0.15, 0.2) is 0 Å². The third kappa shape index (κ3) is 4.56. The predicted molar refractivity (Wildman–Crippen MR) is 85.0 cm³/mol. The van der Waals surface area contributed by atoms with E-state index in [9.17, 15) is 19.5 Å². The van der Waals surface area contributed by atoms with E-state index in [1.807, 2.05) is 0 Å². The van der Waals surface area contributed by atoms with E-state index in [0.29, 0.717) is 4.47 Å². The summed E-state index contributed by atoms with van der Waals surface area (Å²) in [6.45, 7) is 5.33. The maximum atomic E-state index is 12.4. The number of anilines is 1. The minimum absolute atomic E-state index is 0.00545. The van der Waals surface area contributed by atoms with Crippen molar-refractivity contribution < 1.29 is 24.2 Å². The van der Waals surface area contributed by atoms with Crippen LogP contribution >= 0.6 is 15.9 Å². The Bertz CT molecular complexity index is 585. The SMILES string of the molecule is CCOC(=O)CC(=O)N(c1cc(Br)ccc1C(=O)O)C(C)C. The summed E-state index contributed by atoms with van der Waals surface area (Å²) >= 11 is 3.27. The molecule has 0 saturated heterocycles. The number of amides is 1. The van der Waals surface area contributed by atoms with Crippen LogP contribution in [0.3, 0.4) is 0 Å². The van der Waals surface area contributed by atoms with Crippen molar-refractivity contribution in [2.75, 3.05) is 11.5 Å². The molecule has 0 bridgehead atoms. The molecule has 0 spiro atoms. The molecule has 0 radical (unpaired) electrons. The molecule has 7 heteroatoms. The molecule has 0 heterocycles. The van der Waals surface area contributed by atoms with Gasteiger partial charge in [0.05, 0.1) is 17.9 Å². The summed E-state index contributed by atoms with van der Waals surface area (Å²) in [5.41, 5.74) is 0.236. The molecule has 0 aromatic heterocycles. The third-order valence-electron chi connectivity index (χ3n) is 2.84. The molecule has 0 aliphatic rings. The van der Waals surface area contributed by atoms with Gasteiger partial charge in [-0.1, -0.05) is 15.9 Å². The van der Waals surface area contributed by atoms with E-state index in [-0.39, 0.29) is 23.9 Å². The highest BCUT2D eigenvalue weighted by Crippen LogP contribution is 2.27. The molecule has 1 amide bonds. The molecule has 22 heavy (non-hydrogen) atoms. The van der Waals surface area contributed by atoms with Crippen LogP contribution in [0.2, 0.25) is 0 Å². The lowest BCUT2D eigenvalue weighted by molar-refractivity contribution is -0.145. The van der Waals surface area contributed by atoms with Gasteiger partial charge < -0.3 is 14.7 Å². The maximum Gasteiger partial charge on any atom is 0.337 e. The Kier molecular flexibility index (Phi) is 6.55. The van der Waals surface area contributed by atoms with Crippen LogP contribution < -0.4 is 4.90 Å². The Labute approximate surface area is 137 Å². The van der Waals surface area contributed by atoms with Gasteiger partial charge >= 0.3 is 11.9 Å². The molecule has 0 saturated carbocycles. The molecule has 1 rings (SSSR count). The number of carbonyl (C=O) groups is 3. The summed E-state index contributed by atoms with van der Waals surface area (Å²) in [7, 11) is 0. The highest BCUT2D eigenvalue weighted by molar-refractivity contribution is 9.10. The Balaban J connectivity index is 3.21. The Morgan fingerprint density at radius 2 is 1.95 bits per heavy atom. The maximum absolute atomic E-state index is 12.4. The second-order valence-electron chi connectivity index (χ2n) is 4.81.